The van der Waals surface area contributed by atoms with Gasteiger partial charge in [-0.25, -0.2) is 4.39 Å². The molecular weight excluding hydrogens is 455 g/mol. The maximum atomic E-state index is 13.1. The van der Waals surface area contributed by atoms with Gasteiger partial charge in [0.2, 0.25) is 5.91 Å². The molecule has 4 aromatic rings. The van der Waals surface area contributed by atoms with E-state index in [0.29, 0.717) is 17.4 Å². The topological polar surface area (TPSA) is 59.8 Å². The van der Waals surface area contributed by atoms with Crippen molar-refractivity contribution in [3.05, 3.63) is 82.8 Å². The predicted octanol–water partition coefficient (Wildman–Crippen LogP) is 6.35. The van der Waals surface area contributed by atoms with E-state index in [-0.39, 0.29) is 17.5 Å². The van der Waals surface area contributed by atoms with Gasteiger partial charge in [0.15, 0.2) is 11.0 Å². The first-order valence-electron chi connectivity index (χ1n) is 10.3. The number of halogens is 1. The maximum Gasteiger partial charge on any atom is 0.234 e. The lowest BCUT2D eigenvalue weighted by atomic mass is 10.0. The summed E-state index contributed by atoms with van der Waals surface area (Å²) in [6.07, 6.45) is 1.79. The molecule has 0 atom stereocenters. The predicted molar refractivity (Wildman–Crippen MR) is 134 cm³/mol. The number of carbonyl (C=O) groups is 1. The van der Waals surface area contributed by atoms with Crippen LogP contribution < -0.4 is 5.32 Å². The van der Waals surface area contributed by atoms with Crippen LogP contribution in [0.2, 0.25) is 0 Å². The molecule has 0 unspecified atom stereocenters. The SMILES string of the molecule is C=CCn1c(SCC(=O)Nc2ccc(F)cc2)nnc1-c1csc(C)c1-c1ccc(C)cc1. The smallest absolute Gasteiger partial charge is 0.234 e. The zero-order chi connectivity index (χ0) is 23.4. The number of aryl methyl sites for hydroxylation is 2. The molecule has 4 rings (SSSR count). The van der Waals surface area contributed by atoms with Crippen LogP contribution in [-0.4, -0.2) is 26.4 Å². The van der Waals surface area contributed by atoms with E-state index in [1.807, 2.05) is 4.57 Å². The van der Waals surface area contributed by atoms with Gasteiger partial charge in [0.05, 0.1) is 5.75 Å². The molecule has 1 amide bonds. The van der Waals surface area contributed by atoms with E-state index in [9.17, 15) is 9.18 Å². The van der Waals surface area contributed by atoms with Crippen molar-refractivity contribution in [3.63, 3.8) is 0 Å². The Labute approximate surface area is 200 Å². The summed E-state index contributed by atoms with van der Waals surface area (Å²) < 4.78 is 15.0. The number of allylic oxidation sites excluding steroid dienone is 1. The fraction of sp³-hybridized carbons (Fsp3) is 0.160. The molecule has 0 saturated carbocycles. The molecule has 0 aliphatic heterocycles. The second kappa shape index (κ2) is 10.1. The Balaban J connectivity index is 1.57. The number of aromatic nitrogens is 3. The molecule has 8 heteroatoms. The summed E-state index contributed by atoms with van der Waals surface area (Å²) >= 11 is 2.98. The first kappa shape index (κ1) is 22.9. The molecule has 2 heterocycles. The molecule has 0 radical (unpaired) electrons. The number of benzene rings is 2. The lowest BCUT2D eigenvalue weighted by Gasteiger charge is -2.10. The minimum absolute atomic E-state index is 0.153. The van der Waals surface area contributed by atoms with Gasteiger partial charge >= 0.3 is 0 Å². The van der Waals surface area contributed by atoms with Crippen LogP contribution in [0.3, 0.4) is 0 Å². The number of carbonyl (C=O) groups excluding carboxylic acids is 1. The molecule has 0 saturated heterocycles. The Morgan fingerprint density at radius 2 is 1.88 bits per heavy atom. The number of thiophene rings is 1. The zero-order valence-electron chi connectivity index (χ0n) is 18.3. The third-order valence-corrected chi connectivity index (χ3v) is 6.92. The van der Waals surface area contributed by atoms with E-state index in [2.05, 4.69) is 65.6 Å². The summed E-state index contributed by atoms with van der Waals surface area (Å²) in [5, 5.41) is 14.3. The first-order chi connectivity index (χ1) is 16.0. The fourth-order valence-electron chi connectivity index (χ4n) is 3.45. The van der Waals surface area contributed by atoms with Crippen molar-refractivity contribution in [2.75, 3.05) is 11.1 Å². The Morgan fingerprint density at radius 1 is 1.15 bits per heavy atom. The van der Waals surface area contributed by atoms with Crippen LogP contribution in [0, 0.1) is 19.7 Å². The molecule has 5 nitrogen and oxygen atoms in total. The van der Waals surface area contributed by atoms with Crippen LogP contribution in [-0.2, 0) is 11.3 Å². The molecule has 33 heavy (non-hydrogen) atoms. The monoisotopic (exact) mass is 478 g/mol. The standard InChI is InChI=1S/C25H23FN4OS2/c1-4-13-30-24(21-14-32-17(3)23(21)18-7-5-16(2)6-8-18)28-29-25(30)33-15-22(31)27-20-11-9-19(26)10-12-20/h4-12,14H,1,13,15H2,2-3H3,(H,27,31). The average Bonchev–Trinajstić information content (AvgIpc) is 3.38. The highest BCUT2D eigenvalue weighted by molar-refractivity contribution is 7.99. The molecule has 0 aliphatic rings. The van der Waals surface area contributed by atoms with E-state index in [4.69, 9.17) is 0 Å². The van der Waals surface area contributed by atoms with Crippen molar-refractivity contribution in [2.45, 2.75) is 25.5 Å². The number of thioether (sulfide) groups is 1. The third kappa shape index (κ3) is 5.23. The number of nitrogens with one attached hydrogen (secondary N) is 1. The van der Waals surface area contributed by atoms with Gasteiger partial charge in [0, 0.05) is 33.6 Å². The summed E-state index contributed by atoms with van der Waals surface area (Å²) in [6.45, 7) is 8.57. The molecule has 1 N–H and O–H groups in total. The van der Waals surface area contributed by atoms with Crippen molar-refractivity contribution in [1.82, 2.24) is 14.8 Å². The van der Waals surface area contributed by atoms with Gasteiger partial charge in [0.1, 0.15) is 5.82 Å². The Bertz CT molecular complexity index is 1280. The van der Waals surface area contributed by atoms with Gasteiger partial charge in [-0.2, -0.15) is 0 Å². The minimum atomic E-state index is -0.346. The molecule has 0 bridgehead atoms. The van der Waals surface area contributed by atoms with Gasteiger partial charge in [0.25, 0.3) is 0 Å². The van der Waals surface area contributed by atoms with Crippen LogP contribution in [0.1, 0.15) is 10.4 Å². The Kier molecular flexibility index (Phi) is 7.05. The summed E-state index contributed by atoms with van der Waals surface area (Å²) in [7, 11) is 0. The molecule has 0 spiro atoms. The highest BCUT2D eigenvalue weighted by Gasteiger charge is 2.20. The number of amides is 1. The maximum absolute atomic E-state index is 13.1. The van der Waals surface area contributed by atoms with Crippen LogP contribution in [0.15, 0.2) is 71.7 Å². The average molecular weight is 479 g/mol. The van der Waals surface area contributed by atoms with Gasteiger partial charge in [-0.3, -0.25) is 9.36 Å². The second-order valence-electron chi connectivity index (χ2n) is 7.50. The number of hydrogen-bond donors (Lipinski definition) is 1. The van der Waals surface area contributed by atoms with Gasteiger partial charge in [-0.1, -0.05) is 47.7 Å². The lowest BCUT2D eigenvalue weighted by Crippen LogP contribution is -2.14. The molecule has 2 aromatic carbocycles. The third-order valence-electron chi connectivity index (χ3n) is 5.04. The number of anilines is 1. The summed E-state index contributed by atoms with van der Waals surface area (Å²) in [5.74, 6) is 0.352. The molecular formula is C25H23FN4OS2. The van der Waals surface area contributed by atoms with Crippen LogP contribution in [0.5, 0.6) is 0 Å². The second-order valence-corrected chi connectivity index (χ2v) is 9.52. The Hall–Kier alpha value is -3.23. The van der Waals surface area contributed by atoms with Crippen LogP contribution >= 0.6 is 23.1 Å². The zero-order valence-corrected chi connectivity index (χ0v) is 20.0. The van der Waals surface area contributed by atoms with E-state index in [1.54, 1.807) is 17.4 Å². The van der Waals surface area contributed by atoms with Gasteiger partial charge in [-0.05, 0) is 43.7 Å². The quantitative estimate of drug-likeness (QED) is 0.237. The minimum Gasteiger partial charge on any atom is -0.325 e. The lowest BCUT2D eigenvalue weighted by molar-refractivity contribution is -0.113. The summed E-state index contributed by atoms with van der Waals surface area (Å²) in [4.78, 5) is 13.6. The largest absolute Gasteiger partial charge is 0.325 e. The molecule has 0 aliphatic carbocycles. The van der Waals surface area contributed by atoms with Crippen molar-refractivity contribution in [1.29, 1.82) is 0 Å². The Morgan fingerprint density at radius 3 is 2.58 bits per heavy atom. The highest BCUT2D eigenvalue weighted by atomic mass is 32.2. The number of rotatable bonds is 8. The van der Waals surface area contributed by atoms with Gasteiger partial charge < -0.3 is 5.32 Å². The summed E-state index contributed by atoms with van der Waals surface area (Å²) in [5.41, 5.74) is 5.05. The van der Waals surface area contributed by atoms with Crippen molar-refractivity contribution < 1.29 is 9.18 Å². The fourth-order valence-corrected chi connectivity index (χ4v) is 5.06. The van der Waals surface area contributed by atoms with Crippen LogP contribution in [0.25, 0.3) is 22.5 Å². The van der Waals surface area contributed by atoms with Crippen molar-refractivity contribution in [2.24, 2.45) is 0 Å². The van der Waals surface area contributed by atoms with E-state index in [0.717, 1.165) is 22.5 Å². The number of hydrogen-bond acceptors (Lipinski definition) is 5. The van der Waals surface area contributed by atoms with Crippen molar-refractivity contribution in [3.8, 4) is 22.5 Å². The molecule has 168 valence electrons. The number of nitrogens with zero attached hydrogens (tertiary/aromatic N) is 3. The van der Waals surface area contributed by atoms with E-state index < -0.39 is 0 Å². The van der Waals surface area contributed by atoms with Crippen LogP contribution in [0.4, 0.5) is 10.1 Å². The first-order valence-corrected chi connectivity index (χ1v) is 12.2. The van der Waals surface area contributed by atoms with Crippen molar-refractivity contribution >= 4 is 34.7 Å². The van der Waals surface area contributed by atoms with E-state index >= 15 is 0 Å². The van der Waals surface area contributed by atoms with E-state index in [1.165, 1.54) is 46.5 Å². The molecule has 2 aromatic heterocycles. The summed E-state index contributed by atoms with van der Waals surface area (Å²) in [6, 6.07) is 14.1. The molecule has 0 fully saturated rings. The normalized spacial score (nSPS) is 10.9. The highest BCUT2D eigenvalue weighted by Crippen LogP contribution is 2.39. The van der Waals surface area contributed by atoms with Gasteiger partial charge in [-0.15, -0.1) is 28.1 Å².